The average molecular weight is 404 g/mol. The minimum atomic E-state index is -0.763. The maximum atomic E-state index is 13.6. The molecule has 2 aromatic heterocycles. The average Bonchev–Trinajstić information content (AvgIpc) is 2.95. The normalized spacial score (nSPS) is 12.4. The largest absolute Gasteiger partial charge is 0.389 e. The Labute approximate surface area is 154 Å². The highest BCUT2D eigenvalue weighted by molar-refractivity contribution is 9.10. The first kappa shape index (κ1) is 17.8. The van der Waals surface area contributed by atoms with E-state index in [1.807, 2.05) is 23.9 Å². The molecule has 0 aliphatic heterocycles. The topological polar surface area (TPSA) is 50.9 Å². The molecule has 0 radical (unpaired) electrons. The van der Waals surface area contributed by atoms with Gasteiger partial charge in [0.25, 0.3) is 0 Å². The predicted molar refractivity (Wildman–Crippen MR) is 98.7 cm³/mol. The van der Waals surface area contributed by atoms with Gasteiger partial charge in [-0.3, -0.25) is 9.67 Å². The van der Waals surface area contributed by atoms with Crippen LogP contribution in [0.25, 0.3) is 11.1 Å². The van der Waals surface area contributed by atoms with E-state index in [-0.39, 0.29) is 5.82 Å². The van der Waals surface area contributed by atoms with Gasteiger partial charge in [0.1, 0.15) is 10.4 Å². The molecule has 0 spiro atoms. The second kappa shape index (κ2) is 7.45. The van der Waals surface area contributed by atoms with Crippen molar-refractivity contribution in [2.75, 3.05) is 0 Å². The van der Waals surface area contributed by atoms with Crippen LogP contribution in [0.1, 0.15) is 36.6 Å². The molecule has 3 rings (SSSR count). The lowest BCUT2D eigenvalue weighted by atomic mass is 9.92. The van der Waals surface area contributed by atoms with Crippen molar-refractivity contribution in [3.05, 3.63) is 70.0 Å². The highest BCUT2D eigenvalue weighted by Crippen LogP contribution is 2.33. The van der Waals surface area contributed by atoms with E-state index in [0.29, 0.717) is 12.0 Å². The van der Waals surface area contributed by atoms with Crippen molar-refractivity contribution in [2.24, 2.45) is 0 Å². The highest BCUT2D eigenvalue weighted by Gasteiger charge is 2.16. The maximum absolute atomic E-state index is 13.6. The zero-order valence-electron chi connectivity index (χ0n) is 14.1. The molecule has 0 saturated carbocycles. The van der Waals surface area contributed by atoms with E-state index >= 15 is 0 Å². The van der Waals surface area contributed by atoms with Gasteiger partial charge in [-0.25, -0.2) is 4.39 Å². The van der Waals surface area contributed by atoms with Crippen molar-refractivity contribution < 1.29 is 9.50 Å². The van der Waals surface area contributed by atoms with Gasteiger partial charge in [-0.05, 0) is 70.2 Å². The van der Waals surface area contributed by atoms with Crippen LogP contribution in [0.4, 0.5) is 4.39 Å². The Morgan fingerprint density at radius 2 is 2.00 bits per heavy atom. The highest BCUT2D eigenvalue weighted by atomic mass is 79.9. The van der Waals surface area contributed by atoms with E-state index in [9.17, 15) is 9.50 Å². The van der Waals surface area contributed by atoms with Crippen LogP contribution in [0.3, 0.4) is 0 Å². The van der Waals surface area contributed by atoms with Gasteiger partial charge in [-0.2, -0.15) is 5.10 Å². The number of aromatic nitrogens is 3. The third kappa shape index (κ3) is 3.65. The van der Waals surface area contributed by atoms with E-state index in [4.69, 9.17) is 0 Å². The lowest BCUT2D eigenvalue weighted by Crippen LogP contribution is -2.00. The summed E-state index contributed by atoms with van der Waals surface area (Å²) in [4.78, 5) is 4.24. The molecule has 0 bridgehead atoms. The molecule has 0 fully saturated rings. The third-order valence-corrected chi connectivity index (χ3v) is 5.10. The third-order valence-electron chi connectivity index (χ3n) is 4.18. The smallest absolute Gasteiger partial charge is 0.123 e. The summed E-state index contributed by atoms with van der Waals surface area (Å²) in [7, 11) is 0. The Kier molecular flexibility index (Phi) is 5.30. The first-order valence-electron chi connectivity index (χ1n) is 8.12. The van der Waals surface area contributed by atoms with Crippen molar-refractivity contribution in [1.29, 1.82) is 0 Å². The molecule has 4 nitrogen and oxygen atoms in total. The molecular weight excluding hydrogens is 385 g/mol. The fourth-order valence-corrected chi connectivity index (χ4v) is 3.49. The molecule has 0 saturated heterocycles. The van der Waals surface area contributed by atoms with Gasteiger partial charge < -0.3 is 5.11 Å². The second-order valence-corrected chi connectivity index (χ2v) is 6.64. The summed E-state index contributed by atoms with van der Waals surface area (Å²) in [5.41, 5.74) is 4.36. The van der Waals surface area contributed by atoms with Crippen LogP contribution in [0.5, 0.6) is 0 Å². The summed E-state index contributed by atoms with van der Waals surface area (Å²) in [6.45, 7) is 4.45. The van der Waals surface area contributed by atoms with Crippen LogP contribution >= 0.6 is 15.9 Å². The second-order valence-electron chi connectivity index (χ2n) is 5.89. The molecule has 130 valence electrons. The summed E-state index contributed by atoms with van der Waals surface area (Å²) in [6.07, 6.45) is 5.23. The Balaban J connectivity index is 2.06. The van der Waals surface area contributed by atoms with Crippen LogP contribution in [0, 0.1) is 5.82 Å². The van der Waals surface area contributed by atoms with Crippen molar-refractivity contribution >= 4 is 15.9 Å². The molecule has 1 N–H and O–H groups in total. The minimum Gasteiger partial charge on any atom is -0.389 e. The molecule has 25 heavy (non-hydrogen) atoms. The molecule has 0 aliphatic carbocycles. The summed E-state index contributed by atoms with van der Waals surface area (Å²) in [5.74, 6) is -0.359. The molecule has 2 heterocycles. The number of aryl methyl sites for hydroxylation is 1. The quantitative estimate of drug-likeness (QED) is 0.681. The molecule has 0 amide bonds. The fourth-order valence-electron chi connectivity index (χ4n) is 2.91. The number of rotatable bonds is 5. The summed E-state index contributed by atoms with van der Waals surface area (Å²) < 4.78 is 16.4. The Morgan fingerprint density at radius 1 is 1.20 bits per heavy atom. The summed E-state index contributed by atoms with van der Waals surface area (Å²) in [5, 5.41) is 14.4. The number of nitrogens with zero attached hydrogens (tertiary/aromatic N) is 3. The number of halogens is 2. The van der Waals surface area contributed by atoms with Gasteiger partial charge in [0.15, 0.2) is 0 Å². The Hall–Kier alpha value is -2.05. The summed E-state index contributed by atoms with van der Waals surface area (Å²) >= 11 is 3.59. The summed E-state index contributed by atoms with van der Waals surface area (Å²) in [6, 6.07) is 6.40. The van der Waals surface area contributed by atoms with Crippen LogP contribution < -0.4 is 0 Å². The van der Waals surface area contributed by atoms with E-state index < -0.39 is 6.10 Å². The number of pyridine rings is 1. The zero-order chi connectivity index (χ0) is 18.0. The zero-order valence-corrected chi connectivity index (χ0v) is 15.7. The van der Waals surface area contributed by atoms with Crippen molar-refractivity contribution in [3.63, 3.8) is 0 Å². The standard InChI is InChI=1S/C19H19BrFN3O/c1-3-24-19(20)14(11-23-24)8-13-10-22-7-6-16(13)17-5-4-15(21)9-18(17)12(2)25/h4-7,9-12,25H,3,8H2,1-2H3. The lowest BCUT2D eigenvalue weighted by molar-refractivity contribution is 0.199. The van der Waals surface area contributed by atoms with Crippen LogP contribution in [0.2, 0.25) is 0 Å². The molecule has 1 unspecified atom stereocenters. The van der Waals surface area contributed by atoms with Gasteiger partial charge >= 0.3 is 0 Å². The number of hydrogen-bond acceptors (Lipinski definition) is 3. The van der Waals surface area contributed by atoms with Crippen molar-refractivity contribution in [1.82, 2.24) is 14.8 Å². The van der Waals surface area contributed by atoms with Gasteiger partial charge in [-0.1, -0.05) is 6.07 Å². The van der Waals surface area contributed by atoms with E-state index in [2.05, 4.69) is 26.0 Å². The molecule has 3 aromatic rings. The molecule has 0 aliphatic rings. The first-order valence-corrected chi connectivity index (χ1v) is 8.91. The van der Waals surface area contributed by atoms with Crippen LogP contribution in [-0.4, -0.2) is 19.9 Å². The van der Waals surface area contributed by atoms with Gasteiger partial charge in [0.05, 0.1) is 12.3 Å². The van der Waals surface area contributed by atoms with Gasteiger partial charge in [0.2, 0.25) is 0 Å². The minimum absolute atomic E-state index is 0.359. The molecule has 1 aromatic carbocycles. The Bertz CT molecular complexity index is 892. The van der Waals surface area contributed by atoms with Crippen molar-refractivity contribution in [3.8, 4) is 11.1 Å². The van der Waals surface area contributed by atoms with Crippen LogP contribution in [0.15, 0.2) is 47.5 Å². The predicted octanol–water partition coefficient (Wildman–Crippen LogP) is 4.51. The van der Waals surface area contributed by atoms with Crippen LogP contribution in [-0.2, 0) is 13.0 Å². The number of aliphatic hydroxyl groups is 1. The lowest BCUT2D eigenvalue weighted by Gasteiger charge is -2.15. The van der Waals surface area contributed by atoms with E-state index in [1.165, 1.54) is 12.1 Å². The SMILES string of the molecule is CCn1ncc(Cc2cnccc2-c2ccc(F)cc2C(C)O)c1Br. The monoisotopic (exact) mass is 403 g/mol. The van der Waals surface area contributed by atoms with Gasteiger partial charge in [-0.15, -0.1) is 0 Å². The van der Waals surface area contributed by atoms with E-state index in [1.54, 1.807) is 25.4 Å². The fraction of sp³-hybridized carbons (Fsp3) is 0.263. The number of hydrogen-bond donors (Lipinski definition) is 1. The maximum Gasteiger partial charge on any atom is 0.123 e. The van der Waals surface area contributed by atoms with Gasteiger partial charge in [0, 0.05) is 30.9 Å². The number of aliphatic hydroxyl groups excluding tert-OH is 1. The number of benzene rings is 1. The van der Waals surface area contributed by atoms with Crippen molar-refractivity contribution in [2.45, 2.75) is 32.9 Å². The molecule has 1 atom stereocenters. The first-order chi connectivity index (χ1) is 12.0. The molecule has 6 heteroatoms. The molecular formula is C19H19BrFN3O. The van der Waals surface area contributed by atoms with E-state index in [0.717, 1.165) is 33.4 Å². The Morgan fingerprint density at radius 3 is 2.68 bits per heavy atom.